The summed E-state index contributed by atoms with van der Waals surface area (Å²) < 4.78 is 0. The van der Waals surface area contributed by atoms with Gasteiger partial charge in [-0.1, -0.05) is 48.5 Å². The van der Waals surface area contributed by atoms with Gasteiger partial charge in [-0.25, -0.2) is 0 Å². The first kappa shape index (κ1) is 22.0. The van der Waals surface area contributed by atoms with Crippen LogP contribution in [0.4, 0.5) is 17.1 Å². The highest BCUT2D eigenvalue weighted by atomic mass is 16.6. The summed E-state index contributed by atoms with van der Waals surface area (Å²) in [5, 5.41) is 14.3. The molecule has 33 heavy (non-hydrogen) atoms. The van der Waals surface area contributed by atoms with Crippen molar-refractivity contribution in [3.63, 3.8) is 0 Å². The number of non-ortho nitro benzene ring substituents is 1. The third-order valence-electron chi connectivity index (χ3n) is 5.68. The highest BCUT2D eigenvalue weighted by Gasteiger charge is 2.23. The number of rotatable bonds is 7. The van der Waals surface area contributed by atoms with Crippen molar-refractivity contribution in [2.45, 2.75) is 0 Å². The fraction of sp³-hybridized carbons (Fsp3) is 0.200. The quantitative estimate of drug-likeness (QED) is 0.340. The zero-order valence-corrected chi connectivity index (χ0v) is 18.0. The third-order valence-corrected chi connectivity index (χ3v) is 5.68. The Hall–Kier alpha value is -4.20. The molecule has 1 heterocycles. The normalized spacial score (nSPS) is 13.5. The molecule has 0 aromatic heterocycles. The van der Waals surface area contributed by atoms with E-state index in [2.05, 4.69) is 22.3 Å². The molecule has 0 radical (unpaired) electrons. The number of amides is 1. The third kappa shape index (κ3) is 5.17. The first-order valence-corrected chi connectivity index (χ1v) is 10.7. The number of para-hydroxylation sites is 1. The maximum Gasteiger partial charge on any atom is 0.270 e. The Kier molecular flexibility index (Phi) is 6.64. The van der Waals surface area contributed by atoms with Gasteiger partial charge in [0.05, 0.1) is 17.0 Å². The molecule has 168 valence electrons. The van der Waals surface area contributed by atoms with Crippen LogP contribution in [-0.2, 0) is 4.79 Å². The summed E-state index contributed by atoms with van der Waals surface area (Å²) in [5.41, 5.74) is 1.94. The fourth-order valence-electron chi connectivity index (χ4n) is 3.87. The number of ketones is 1. The molecule has 3 aromatic rings. The summed E-state index contributed by atoms with van der Waals surface area (Å²) in [5.74, 6) is -0.426. The van der Waals surface area contributed by atoms with E-state index in [1.807, 2.05) is 18.2 Å². The van der Waals surface area contributed by atoms with Gasteiger partial charge < -0.3 is 15.1 Å². The molecule has 0 saturated carbocycles. The van der Waals surface area contributed by atoms with Crippen molar-refractivity contribution in [1.82, 2.24) is 4.90 Å². The summed E-state index contributed by atoms with van der Waals surface area (Å²) in [6.45, 7) is 2.69. The summed E-state index contributed by atoms with van der Waals surface area (Å²) in [6.07, 6.45) is 0. The zero-order valence-electron chi connectivity index (χ0n) is 18.0. The van der Waals surface area contributed by atoms with Crippen LogP contribution in [0.15, 0.2) is 78.9 Å². The Bertz CT molecular complexity index is 1140. The minimum atomic E-state index is -0.539. The topological polar surface area (TPSA) is 95.8 Å². The molecule has 1 amide bonds. The molecule has 1 N–H and O–H groups in total. The number of hydrogen-bond donors (Lipinski definition) is 1. The highest BCUT2D eigenvalue weighted by molar-refractivity contribution is 6.12. The van der Waals surface area contributed by atoms with Crippen molar-refractivity contribution in [3.8, 4) is 0 Å². The first-order valence-electron chi connectivity index (χ1n) is 10.7. The van der Waals surface area contributed by atoms with E-state index < -0.39 is 4.92 Å². The molecule has 0 unspecified atom stereocenters. The number of hydrogen-bond acceptors (Lipinski definition) is 6. The average molecular weight is 444 g/mol. The summed E-state index contributed by atoms with van der Waals surface area (Å²) in [7, 11) is 0. The number of anilines is 2. The van der Waals surface area contributed by atoms with Crippen LogP contribution in [0, 0.1) is 10.1 Å². The Morgan fingerprint density at radius 3 is 2.15 bits per heavy atom. The molecule has 0 aliphatic carbocycles. The van der Waals surface area contributed by atoms with Gasteiger partial charge in [-0.15, -0.1) is 0 Å². The predicted molar refractivity (Wildman–Crippen MR) is 127 cm³/mol. The maximum atomic E-state index is 13.0. The Balaban J connectivity index is 1.43. The van der Waals surface area contributed by atoms with Gasteiger partial charge >= 0.3 is 0 Å². The van der Waals surface area contributed by atoms with Crippen molar-refractivity contribution >= 4 is 28.8 Å². The molecule has 0 spiro atoms. The molecule has 1 aliphatic heterocycles. The first-order chi connectivity index (χ1) is 16.0. The van der Waals surface area contributed by atoms with Crippen molar-refractivity contribution in [3.05, 3.63) is 100 Å². The van der Waals surface area contributed by atoms with Gasteiger partial charge in [0.1, 0.15) is 0 Å². The van der Waals surface area contributed by atoms with Crippen LogP contribution in [0.2, 0.25) is 0 Å². The number of benzene rings is 3. The lowest BCUT2D eigenvalue weighted by Crippen LogP contribution is -2.50. The monoisotopic (exact) mass is 444 g/mol. The van der Waals surface area contributed by atoms with Gasteiger partial charge in [-0.05, 0) is 18.2 Å². The summed E-state index contributed by atoms with van der Waals surface area (Å²) in [4.78, 5) is 40.5. The minimum Gasteiger partial charge on any atom is -0.376 e. The van der Waals surface area contributed by atoms with Crippen LogP contribution >= 0.6 is 0 Å². The lowest BCUT2D eigenvalue weighted by Gasteiger charge is -2.36. The van der Waals surface area contributed by atoms with Gasteiger partial charge in [0.2, 0.25) is 5.91 Å². The molecule has 8 nitrogen and oxygen atoms in total. The van der Waals surface area contributed by atoms with E-state index in [1.165, 1.54) is 18.2 Å². The lowest BCUT2D eigenvalue weighted by molar-refractivity contribution is -0.384. The van der Waals surface area contributed by atoms with Gasteiger partial charge in [0.25, 0.3) is 5.69 Å². The molecule has 1 fully saturated rings. The molecule has 8 heteroatoms. The Morgan fingerprint density at radius 2 is 1.52 bits per heavy atom. The van der Waals surface area contributed by atoms with E-state index in [4.69, 9.17) is 0 Å². The summed E-state index contributed by atoms with van der Waals surface area (Å²) in [6, 6.07) is 22.7. The molecular formula is C25H24N4O4. The predicted octanol–water partition coefficient (Wildman–Crippen LogP) is 3.59. The fourth-order valence-corrected chi connectivity index (χ4v) is 3.87. The number of nitrogens with one attached hydrogen (secondary N) is 1. The average Bonchev–Trinajstić information content (AvgIpc) is 2.88. The molecule has 3 aromatic carbocycles. The largest absolute Gasteiger partial charge is 0.376 e. The number of nitrogens with zero attached hydrogens (tertiary/aromatic N) is 3. The van der Waals surface area contributed by atoms with E-state index in [9.17, 15) is 19.7 Å². The zero-order chi connectivity index (χ0) is 23.2. The number of carbonyl (C=O) groups is 2. The molecule has 0 bridgehead atoms. The minimum absolute atomic E-state index is 0.00177. The van der Waals surface area contributed by atoms with Gasteiger partial charge in [-0.3, -0.25) is 19.7 Å². The van der Waals surface area contributed by atoms with Gasteiger partial charge in [0, 0.05) is 55.2 Å². The molecule has 4 rings (SSSR count). The van der Waals surface area contributed by atoms with E-state index in [1.54, 1.807) is 35.2 Å². The number of piperazine rings is 1. The van der Waals surface area contributed by atoms with Crippen LogP contribution in [0.3, 0.4) is 0 Å². The van der Waals surface area contributed by atoms with Crippen LogP contribution in [0.1, 0.15) is 15.9 Å². The standard InChI is InChI=1S/C25H24N4O4/c30-24(28-15-13-27(14-16-28)20-9-5-2-6-10-20)18-26-23-12-11-21(29(32)33)17-22(23)25(31)19-7-3-1-4-8-19/h1-12,17,26H,13-16,18H2. The van der Waals surface area contributed by atoms with Crippen molar-refractivity contribution < 1.29 is 14.5 Å². The number of nitro groups is 1. The van der Waals surface area contributed by atoms with Crippen LogP contribution in [-0.4, -0.2) is 54.2 Å². The highest BCUT2D eigenvalue weighted by Crippen LogP contribution is 2.25. The molecule has 0 atom stereocenters. The molecule has 1 saturated heterocycles. The molecular weight excluding hydrogens is 420 g/mol. The summed E-state index contributed by atoms with van der Waals surface area (Å²) >= 11 is 0. The van der Waals surface area contributed by atoms with Crippen LogP contribution in [0.25, 0.3) is 0 Å². The Morgan fingerprint density at radius 1 is 0.879 bits per heavy atom. The second-order valence-corrected chi connectivity index (χ2v) is 7.74. The van der Waals surface area contributed by atoms with Crippen molar-refractivity contribution in [2.75, 3.05) is 42.9 Å². The smallest absolute Gasteiger partial charge is 0.270 e. The van der Waals surface area contributed by atoms with Crippen molar-refractivity contribution in [2.24, 2.45) is 0 Å². The SMILES string of the molecule is O=C(c1ccccc1)c1cc([N+](=O)[O-])ccc1NCC(=O)N1CCN(c2ccccc2)CC1. The number of nitro benzene ring substituents is 1. The van der Waals surface area contributed by atoms with E-state index in [-0.39, 0.29) is 29.5 Å². The van der Waals surface area contributed by atoms with E-state index in [0.717, 1.165) is 18.8 Å². The van der Waals surface area contributed by atoms with E-state index >= 15 is 0 Å². The maximum absolute atomic E-state index is 13.0. The van der Waals surface area contributed by atoms with E-state index in [0.29, 0.717) is 24.3 Å². The Labute approximate surface area is 191 Å². The van der Waals surface area contributed by atoms with Crippen molar-refractivity contribution in [1.29, 1.82) is 0 Å². The lowest BCUT2D eigenvalue weighted by atomic mass is 10.0. The number of carbonyl (C=O) groups excluding carboxylic acids is 2. The second kappa shape index (κ2) is 9.95. The van der Waals surface area contributed by atoms with Gasteiger partial charge in [0.15, 0.2) is 5.78 Å². The molecule has 1 aliphatic rings. The van der Waals surface area contributed by atoms with Crippen LogP contribution in [0.5, 0.6) is 0 Å². The second-order valence-electron chi connectivity index (χ2n) is 7.74. The van der Waals surface area contributed by atoms with Gasteiger partial charge in [-0.2, -0.15) is 0 Å². The van der Waals surface area contributed by atoms with Crippen LogP contribution < -0.4 is 10.2 Å².